The molecule has 0 aliphatic rings. The van der Waals surface area contributed by atoms with Crippen molar-refractivity contribution in [3.8, 4) is 0 Å². The lowest BCUT2D eigenvalue weighted by Crippen LogP contribution is -2.15. The molecular formula is C13H12N3O5S2. The zero-order chi connectivity index (χ0) is 17.0. The number of hydrogen-bond acceptors (Lipinski definition) is 8. The molecule has 8 nitrogen and oxygen atoms in total. The van der Waals surface area contributed by atoms with Crippen LogP contribution in [-0.4, -0.2) is 29.8 Å². The van der Waals surface area contributed by atoms with Gasteiger partial charge in [0.15, 0.2) is 20.1 Å². The van der Waals surface area contributed by atoms with Crippen LogP contribution in [0.15, 0.2) is 35.2 Å². The summed E-state index contributed by atoms with van der Waals surface area (Å²) in [7, 11) is -4.03. The van der Waals surface area contributed by atoms with E-state index in [1.807, 2.05) is 0 Å². The second-order valence-electron chi connectivity index (χ2n) is 4.54. The summed E-state index contributed by atoms with van der Waals surface area (Å²) in [5.74, 6) is 0. The third-order valence-electron chi connectivity index (χ3n) is 3.10. The first kappa shape index (κ1) is 17.2. The second-order valence-corrected chi connectivity index (χ2v) is 7.62. The largest absolute Gasteiger partial charge is 0.289 e. The topological polar surface area (TPSA) is 120 Å². The average molecular weight is 354 g/mol. The maximum atomic E-state index is 12.5. The first-order valence-electron chi connectivity index (χ1n) is 6.55. The van der Waals surface area contributed by atoms with Gasteiger partial charge in [-0.15, -0.1) is 10.2 Å². The average Bonchev–Trinajstić information content (AvgIpc) is 2.98. The van der Waals surface area contributed by atoms with Crippen LogP contribution in [0.3, 0.4) is 0 Å². The van der Waals surface area contributed by atoms with E-state index in [1.165, 1.54) is 30.6 Å². The summed E-state index contributed by atoms with van der Waals surface area (Å²) >= 11 is 0.743. The van der Waals surface area contributed by atoms with Crippen molar-refractivity contribution in [2.45, 2.75) is 29.5 Å². The number of benzene rings is 1. The van der Waals surface area contributed by atoms with Gasteiger partial charge in [-0.1, -0.05) is 36.5 Å². The number of sulfone groups is 1. The van der Waals surface area contributed by atoms with Crippen molar-refractivity contribution in [2.75, 3.05) is 0 Å². The summed E-state index contributed by atoms with van der Waals surface area (Å²) < 4.78 is 25.0. The van der Waals surface area contributed by atoms with Gasteiger partial charge in [-0.05, 0) is 12.1 Å². The van der Waals surface area contributed by atoms with Crippen molar-refractivity contribution < 1.29 is 18.1 Å². The van der Waals surface area contributed by atoms with Crippen LogP contribution in [0.4, 0.5) is 0 Å². The van der Waals surface area contributed by atoms with Crippen molar-refractivity contribution in [3.05, 3.63) is 50.5 Å². The Morgan fingerprint density at radius 3 is 2.39 bits per heavy atom. The van der Waals surface area contributed by atoms with E-state index in [0.717, 1.165) is 11.3 Å². The second kappa shape index (κ2) is 6.92. The van der Waals surface area contributed by atoms with E-state index in [9.17, 15) is 23.3 Å². The minimum absolute atomic E-state index is 0.0496. The van der Waals surface area contributed by atoms with E-state index in [-0.39, 0.29) is 21.3 Å². The molecule has 2 rings (SSSR count). The molecule has 10 heteroatoms. The zero-order valence-electron chi connectivity index (χ0n) is 11.9. The molecule has 0 amide bonds. The lowest BCUT2D eigenvalue weighted by molar-refractivity contribution is -0.529. The van der Waals surface area contributed by atoms with E-state index in [4.69, 9.17) is 0 Å². The van der Waals surface area contributed by atoms with Gasteiger partial charge in [-0.2, -0.15) is 0 Å². The molecule has 0 spiro atoms. The molecular weight excluding hydrogens is 342 g/mol. The van der Waals surface area contributed by atoms with Gasteiger partial charge >= 0.3 is 0 Å². The third-order valence-corrected chi connectivity index (χ3v) is 6.20. The van der Waals surface area contributed by atoms with E-state index < -0.39 is 26.1 Å². The lowest BCUT2D eigenvalue weighted by atomic mass is 10.2. The predicted molar refractivity (Wildman–Crippen MR) is 82.0 cm³/mol. The van der Waals surface area contributed by atoms with Crippen LogP contribution >= 0.6 is 11.3 Å². The number of aromatic nitrogens is 2. The normalized spacial score (nSPS) is 14.1. The monoisotopic (exact) mass is 354 g/mol. The number of nitrogens with zero attached hydrogens (tertiary/aromatic N) is 3. The van der Waals surface area contributed by atoms with E-state index in [1.54, 1.807) is 13.0 Å². The molecule has 0 saturated carbocycles. The Hall–Kier alpha value is -2.20. The Kier molecular flexibility index (Phi) is 5.16. The van der Waals surface area contributed by atoms with Crippen molar-refractivity contribution in [1.82, 2.24) is 10.2 Å². The standard InChI is InChI=1S/C13H12N3O5S2/c1-2-10(16(18)19)12-14-15-13(22-12)11(8-17)23(20,21)9-6-4-3-5-7-9/h3-7,10-11H,2H2,1H3. The van der Waals surface area contributed by atoms with Gasteiger partial charge in [-0.3, -0.25) is 14.9 Å². The molecule has 0 saturated heterocycles. The van der Waals surface area contributed by atoms with Crippen LogP contribution in [0.25, 0.3) is 0 Å². The van der Waals surface area contributed by atoms with Gasteiger partial charge in [0, 0.05) is 11.3 Å². The van der Waals surface area contributed by atoms with Crippen molar-refractivity contribution in [2.24, 2.45) is 0 Å². The molecule has 23 heavy (non-hydrogen) atoms. The first-order chi connectivity index (χ1) is 10.9. The van der Waals surface area contributed by atoms with Crippen LogP contribution in [0.5, 0.6) is 0 Å². The van der Waals surface area contributed by atoms with Crippen LogP contribution in [0.1, 0.15) is 34.7 Å². The summed E-state index contributed by atoms with van der Waals surface area (Å²) in [6, 6.07) is 6.33. The molecule has 1 aromatic carbocycles. The molecule has 2 aromatic rings. The third kappa shape index (κ3) is 3.42. The van der Waals surface area contributed by atoms with E-state index >= 15 is 0 Å². The summed E-state index contributed by atoms with van der Waals surface area (Å²) in [5, 5.41) is 16.6. The van der Waals surface area contributed by atoms with Gasteiger partial charge in [0.2, 0.25) is 6.29 Å². The Morgan fingerprint density at radius 2 is 1.87 bits per heavy atom. The Balaban J connectivity index is 2.41. The zero-order valence-corrected chi connectivity index (χ0v) is 13.6. The molecule has 121 valence electrons. The maximum Gasteiger partial charge on any atom is 0.265 e. The van der Waals surface area contributed by atoms with Gasteiger partial charge in [-0.25, -0.2) is 8.42 Å². The van der Waals surface area contributed by atoms with Crippen molar-refractivity contribution in [3.63, 3.8) is 0 Å². The minimum atomic E-state index is -4.03. The Morgan fingerprint density at radius 1 is 1.26 bits per heavy atom. The highest BCUT2D eigenvalue weighted by molar-refractivity contribution is 7.92. The molecule has 0 aliphatic heterocycles. The Bertz CT molecular complexity index is 804. The SMILES string of the molecule is CCC(c1nnc(C([C]=O)S(=O)(=O)c2ccccc2)s1)[N+](=O)[O-]. The number of hydrogen-bond donors (Lipinski definition) is 0. The molecule has 1 heterocycles. The first-order valence-corrected chi connectivity index (χ1v) is 8.91. The fourth-order valence-electron chi connectivity index (χ4n) is 1.89. The number of nitro groups is 1. The lowest BCUT2D eigenvalue weighted by Gasteiger charge is -2.07. The van der Waals surface area contributed by atoms with Gasteiger partial charge in [0.05, 0.1) is 4.90 Å². The van der Waals surface area contributed by atoms with Crippen molar-refractivity contribution in [1.29, 1.82) is 0 Å². The summed E-state index contributed by atoms with van der Waals surface area (Å²) in [6.07, 6.45) is 1.64. The number of rotatable bonds is 7. The van der Waals surface area contributed by atoms with Crippen LogP contribution in [-0.2, 0) is 14.6 Å². The van der Waals surface area contributed by atoms with Gasteiger partial charge < -0.3 is 0 Å². The van der Waals surface area contributed by atoms with E-state index in [2.05, 4.69) is 10.2 Å². The molecule has 0 bridgehead atoms. The highest BCUT2D eigenvalue weighted by Gasteiger charge is 2.35. The number of carbonyl (C=O) groups excluding carboxylic acids is 1. The molecule has 1 radical (unpaired) electrons. The van der Waals surface area contributed by atoms with E-state index in [0.29, 0.717) is 0 Å². The quantitative estimate of drug-likeness (QED) is 0.550. The molecule has 0 fully saturated rings. The summed E-state index contributed by atoms with van der Waals surface area (Å²) in [4.78, 5) is 21.6. The van der Waals surface area contributed by atoms with Gasteiger partial charge in [0.25, 0.3) is 6.04 Å². The fraction of sp³-hybridized carbons (Fsp3) is 0.308. The van der Waals surface area contributed by atoms with Crippen LogP contribution in [0.2, 0.25) is 0 Å². The highest BCUT2D eigenvalue weighted by atomic mass is 32.2. The molecule has 1 aromatic heterocycles. The molecule has 2 unspecified atom stereocenters. The van der Waals surface area contributed by atoms with Gasteiger partial charge in [0.1, 0.15) is 5.01 Å². The minimum Gasteiger partial charge on any atom is -0.289 e. The predicted octanol–water partition coefficient (Wildman–Crippen LogP) is 1.89. The molecule has 0 aliphatic carbocycles. The summed E-state index contributed by atoms with van der Waals surface area (Å²) in [6.45, 7) is 1.61. The van der Waals surface area contributed by atoms with Crippen molar-refractivity contribution >= 4 is 27.5 Å². The highest BCUT2D eigenvalue weighted by Crippen LogP contribution is 2.32. The van der Waals surface area contributed by atoms with Crippen LogP contribution in [0, 0.1) is 10.1 Å². The molecule has 0 N–H and O–H groups in total. The fourth-order valence-corrected chi connectivity index (χ4v) is 4.59. The maximum absolute atomic E-state index is 12.5. The molecule has 2 atom stereocenters. The Labute approximate surface area is 136 Å². The smallest absolute Gasteiger partial charge is 0.265 e. The van der Waals surface area contributed by atoms with Crippen LogP contribution < -0.4 is 0 Å². The summed E-state index contributed by atoms with van der Waals surface area (Å²) in [5.41, 5.74) is 0.